The third kappa shape index (κ3) is 9.72. The van der Waals surface area contributed by atoms with Crippen LogP contribution in [0.25, 0.3) is 0 Å². The minimum absolute atomic E-state index is 0.0956. The van der Waals surface area contributed by atoms with E-state index in [2.05, 4.69) is 39.5 Å². The van der Waals surface area contributed by atoms with Gasteiger partial charge in [0.2, 0.25) is 0 Å². The SMILES string of the molecule is C=C(COC(C)=O)[C@@H]1CC/C(C)=C/CC/C(C)=C\CC/C(C)=C/[C@@H]1OC(C)=O. The molecular formula is C24H36O4. The Hall–Kier alpha value is -2.10. The van der Waals surface area contributed by atoms with Gasteiger partial charge in [0.15, 0.2) is 0 Å². The molecule has 0 saturated heterocycles. The van der Waals surface area contributed by atoms with Gasteiger partial charge in [0.05, 0.1) is 0 Å². The molecule has 4 nitrogen and oxygen atoms in total. The summed E-state index contributed by atoms with van der Waals surface area (Å²) in [6, 6.07) is 0. The van der Waals surface area contributed by atoms with Gasteiger partial charge >= 0.3 is 11.9 Å². The molecule has 0 aromatic carbocycles. The van der Waals surface area contributed by atoms with Crippen LogP contribution >= 0.6 is 0 Å². The lowest BCUT2D eigenvalue weighted by Crippen LogP contribution is -2.28. The summed E-state index contributed by atoms with van der Waals surface area (Å²) < 4.78 is 10.8. The van der Waals surface area contributed by atoms with Gasteiger partial charge in [-0.1, -0.05) is 35.5 Å². The number of carbonyl (C=O) groups is 2. The summed E-state index contributed by atoms with van der Waals surface area (Å²) in [4.78, 5) is 23.0. The molecular weight excluding hydrogens is 352 g/mol. The Morgan fingerprint density at radius 1 is 0.964 bits per heavy atom. The highest BCUT2D eigenvalue weighted by Gasteiger charge is 2.26. The second-order valence-corrected chi connectivity index (χ2v) is 7.85. The lowest BCUT2D eigenvalue weighted by molar-refractivity contribution is -0.147. The summed E-state index contributed by atoms with van der Waals surface area (Å²) in [5, 5.41) is 0. The number of esters is 2. The van der Waals surface area contributed by atoms with E-state index < -0.39 is 6.10 Å². The molecule has 0 aromatic heterocycles. The maximum atomic E-state index is 11.7. The highest BCUT2D eigenvalue weighted by atomic mass is 16.5. The van der Waals surface area contributed by atoms with E-state index >= 15 is 0 Å². The standard InChI is InChI=1S/C24H36O4/c1-17-9-7-11-18(2)13-14-23(20(4)16-27-21(5)25)24(28-22(6)26)15-19(3)12-8-10-17/h10-11,15,23-24H,4,7-9,12-14,16H2,1-3,5-6H3/b17-10-,18-11+,19-15+/t23-,24-/m0/s1. The van der Waals surface area contributed by atoms with Crippen molar-refractivity contribution in [1.29, 1.82) is 0 Å². The van der Waals surface area contributed by atoms with Crippen LogP contribution in [0.5, 0.6) is 0 Å². The Kier molecular flexibility index (Phi) is 10.6. The number of hydrogen-bond acceptors (Lipinski definition) is 4. The maximum absolute atomic E-state index is 11.7. The van der Waals surface area contributed by atoms with Gasteiger partial charge in [-0.05, 0) is 70.9 Å². The topological polar surface area (TPSA) is 52.6 Å². The van der Waals surface area contributed by atoms with Crippen molar-refractivity contribution in [2.45, 2.75) is 79.2 Å². The van der Waals surface area contributed by atoms with E-state index in [-0.39, 0.29) is 24.5 Å². The summed E-state index contributed by atoms with van der Waals surface area (Å²) in [5.74, 6) is -0.749. The van der Waals surface area contributed by atoms with Crippen LogP contribution in [-0.2, 0) is 19.1 Å². The fourth-order valence-corrected chi connectivity index (χ4v) is 3.37. The van der Waals surface area contributed by atoms with Crippen molar-refractivity contribution in [1.82, 2.24) is 0 Å². The molecule has 0 heterocycles. The molecule has 1 rings (SSSR count). The first-order chi connectivity index (χ1) is 13.2. The lowest BCUT2D eigenvalue weighted by Gasteiger charge is -2.27. The first-order valence-corrected chi connectivity index (χ1v) is 10.2. The average Bonchev–Trinajstić information content (AvgIpc) is 2.58. The third-order valence-electron chi connectivity index (χ3n) is 5.05. The highest BCUT2D eigenvalue weighted by Crippen LogP contribution is 2.28. The van der Waals surface area contributed by atoms with Crippen LogP contribution in [-0.4, -0.2) is 24.6 Å². The van der Waals surface area contributed by atoms with Crippen molar-refractivity contribution >= 4 is 11.9 Å². The fourth-order valence-electron chi connectivity index (χ4n) is 3.37. The third-order valence-corrected chi connectivity index (χ3v) is 5.05. The zero-order valence-corrected chi connectivity index (χ0v) is 18.2. The molecule has 0 amide bonds. The molecule has 4 heteroatoms. The van der Waals surface area contributed by atoms with Crippen LogP contribution in [0.4, 0.5) is 0 Å². The summed E-state index contributed by atoms with van der Waals surface area (Å²) in [6.07, 6.45) is 11.9. The van der Waals surface area contributed by atoms with E-state index in [0.717, 1.165) is 44.1 Å². The molecule has 0 aliphatic heterocycles. The average molecular weight is 389 g/mol. The Morgan fingerprint density at radius 2 is 1.54 bits per heavy atom. The monoisotopic (exact) mass is 388 g/mol. The molecule has 1 aliphatic carbocycles. The summed E-state index contributed by atoms with van der Waals surface area (Å²) in [7, 11) is 0. The van der Waals surface area contributed by atoms with Crippen molar-refractivity contribution in [3.05, 3.63) is 47.1 Å². The van der Waals surface area contributed by atoms with Crippen molar-refractivity contribution in [3.8, 4) is 0 Å². The molecule has 0 saturated carbocycles. The van der Waals surface area contributed by atoms with Gasteiger partial charge in [-0.25, -0.2) is 0 Å². The first kappa shape index (κ1) is 23.9. The van der Waals surface area contributed by atoms with Gasteiger partial charge in [-0.3, -0.25) is 9.59 Å². The minimum atomic E-state index is -0.402. The second-order valence-electron chi connectivity index (χ2n) is 7.85. The van der Waals surface area contributed by atoms with E-state index in [1.807, 2.05) is 6.08 Å². The summed E-state index contributed by atoms with van der Waals surface area (Å²) in [5.41, 5.74) is 4.70. The molecule has 0 unspecified atom stereocenters. The van der Waals surface area contributed by atoms with Gasteiger partial charge < -0.3 is 9.47 Å². The molecule has 0 N–H and O–H groups in total. The predicted octanol–water partition coefficient (Wildman–Crippen LogP) is 5.85. The fraction of sp³-hybridized carbons (Fsp3) is 0.583. The lowest BCUT2D eigenvalue weighted by atomic mass is 9.86. The Morgan fingerprint density at radius 3 is 2.11 bits per heavy atom. The number of carbonyl (C=O) groups excluding carboxylic acids is 2. The van der Waals surface area contributed by atoms with Gasteiger partial charge in [0, 0.05) is 19.8 Å². The summed E-state index contributed by atoms with van der Waals surface area (Å²) >= 11 is 0. The maximum Gasteiger partial charge on any atom is 0.303 e. The minimum Gasteiger partial charge on any atom is -0.461 e. The van der Waals surface area contributed by atoms with Crippen molar-refractivity contribution in [3.63, 3.8) is 0 Å². The van der Waals surface area contributed by atoms with Crippen LogP contribution < -0.4 is 0 Å². The Bertz CT molecular complexity index is 652. The molecule has 28 heavy (non-hydrogen) atoms. The quantitative estimate of drug-likeness (QED) is 0.448. The smallest absolute Gasteiger partial charge is 0.303 e. The van der Waals surface area contributed by atoms with Gasteiger partial charge in [-0.15, -0.1) is 0 Å². The van der Waals surface area contributed by atoms with E-state index in [9.17, 15) is 9.59 Å². The van der Waals surface area contributed by atoms with Crippen LogP contribution in [0.3, 0.4) is 0 Å². The largest absolute Gasteiger partial charge is 0.461 e. The molecule has 2 atom stereocenters. The molecule has 0 spiro atoms. The van der Waals surface area contributed by atoms with Crippen LogP contribution in [0.15, 0.2) is 47.1 Å². The van der Waals surface area contributed by atoms with E-state index in [1.54, 1.807) is 0 Å². The number of allylic oxidation sites excluding steroid dienone is 5. The zero-order chi connectivity index (χ0) is 21.1. The van der Waals surface area contributed by atoms with Gasteiger partial charge in [0.25, 0.3) is 0 Å². The Balaban J connectivity index is 3.16. The van der Waals surface area contributed by atoms with Crippen LogP contribution in [0.2, 0.25) is 0 Å². The molecule has 0 radical (unpaired) electrons. The number of ether oxygens (including phenoxy) is 2. The molecule has 0 aromatic rings. The summed E-state index contributed by atoms with van der Waals surface area (Å²) in [6.45, 7) is 13.5. The van der Waals surface area contributed by atoms with E-state index in [1.165, 1.54) is 30.6 Å². The molecule has 0 fully saturated rings. The van der Waals surface area contributed by atoms with E-state index in [0.29, 0.717) is 0 Å². The van der Waals surface area contributed by atoms with Crippen molar-refractivity contribution in [2.24, 2.45) is 5.92 Å². The predicted molar refractivity (Wildman–Crippen MR) is 114 cm³/mol. The number of rotatable bonds is 4. The van der Waals surface area contributed by atoms with Crippen LogP contribution in [0.1, 0.15) is 73.1 Å². The molecule has 1 aliphatic rings. The van der Waals surface area contributed by atoms with E-state index in [4.69, 9.17) is 9.47 Å². The van der Waals surface area contributed by atoms with Crippen molar-refractivity contribution in [2.75, 3.05) is 6.61 Å². The Labute approximate surface area is 170 Å². The highest BCUT2D eigenvalue weighted by molar-refractivity contribution is 5.66. The second kappa shape index (κ2) is 12.4. The molecule has 0 bridgehead atoms. The normalized spacial score (nSPS) is 27.7. The van der Waals surface area contributed by atoms with Gasteiger partial charge in [-0.2, -0.15) is 0 Å². The zero-order valence-electron chi connectivity index (χ0n) is 18.2. The van der Waals surface area contributed by atoms with Gasteiger partial charge in [0.1, 0.15) is 12.7 Å². The number of hydrogen-bond donors (Lipinski definition) is 0. The molecule has 156 valence electrons. The van der Waals surface area contributed by atoms with Crippen LogP contribution in [0, 0.1) is 5.92 Å². The van der Waals surface area contributed by atoms with Crippen molar-refractivity contribution < 1.29 is 19.1 Å². The first-order valence-electron chi connectivity index (χ1n) is 10.2.